The van der Waals surface area contributed by atoms with Crippen LogP contribution in [0.2, 0.25) is 0 Å². The highest BCUT2D eigenvalue weighted by Crippen LogP contribution is 2.32. The summed E-state index contributed by atoms with van der Waals surface area (Å²) in [4.78, 5) is 2.11. The van der Waals surface area contributed by atoms with Gasteiger partial charge >= 0.3 is 0 Å². The summed E-state index contributed by atoms with van der Waals surface area (Å²) in [5, 5.41) is 4.31. The molecular formula is C20H18BrN3O2. The molecule has 2 aromatic carbocycles. The molecule has 0 aliphatic carbocycles. The third-order valence-corrected chi connectivity index (χ3v) is 4.81. The fourth-order valence-corrected chi connectivity index (χ4v) is 3.57. The molecule has 1 aliphatic rings. The Morgan fingerprint density at radius 2 is 2.00 bits per heavy atom. The highest BCUT2D eigenvalue weighted by atomic mass is 79.9. The molecule has 0 saturated carbocycles. The van der Waals surface area contributed by atoms with Gasteiger partial charge in [-0.2, -0.15) is 5.10 Å². The van der Waals surface area contributed by atoms with Gasteiger partial charge in [-0.25, -0.2) is 0 Å². The first-order valence-electron chi connectivity index (χ1n) is 8.26. The molecule has 1 aromatic heterocycles. The lowest BCUT2D eigenvalue weighted by molar-refractivity contribution is 0.0782. The highest BCUT2D eigenvalue weighted by Gasteiger charge is 2.19. The van der Waals surface area contributed by atoms with Crippen LogP contribution in [-0.2, 0) is 23.1 Å². The van der Waals surface area contributed by atoms with Gasteiger partial charge in [0.15, 0.2) is 0 Å². The number of benzene rings is 2. The molecule has 4 rings (SSSR count). The maximum atomic E-state index is 5.66. The third-order valence-electron chi connectivity index (χ3n) is 4.23. The van der Waals surface area contributed by atoms with E-state index < -0.39 is 0 Å². The number of rotatable bonds is 5. The number of hydrogen-bond donors (Lipinski definition) is 0. The van der Waals surface area contributed by atoms with Gasteiger partial charge in [0.25, 0.3) is 0 Å². The minimum absolute atomic E-state index is 0.244. The minimum atomic E-state index is 0.244. The van der Waals surface area contributed by atoms with Crippen LogP contribution in [0.5, 0.6) is 0 Å². The molecule has 0 fully saturated rings. The summed E-state index contributed by atoms with van der Waals surface area (Å²) >= 11 is 3.58. The van der Waals surface area contributed by atoms with Crippen LogP contribution in [0.4, 0.5) is 5.69 Å². The van der Waals surface area contributed by atoms with Gasteiger partial charge in [0.1, 0.15) is 6.26 Å². The average Bonchev–Trinajstić information content (AvgIpc) is 3.31. The topological polar surface area (TPSA) is 39.5 Å². The standard InChI is InChI=1S/C20H18BrN3O2/c1-23-20(18(21)11-22-23)16-8-5-9-17(10-16)24(19-13-25-14-26-19)12-15-6-3-2-4-7-15/h2-11,13H,12,14H2,1H3. The predicted octanol–water partition coefficient (Wildman–Crippen LogP) is 4.66. The van der Waals surface area contributed by atoms with E-state index in [1.165, 1.54) is 5.56 Å². The lowest BCUT2D eigenvalue weighted by atomic mass is 10.1. The summed E-state index contributed by atoms with van der Waals surface area (Å²) in [7, 11) is 1.94. The first-order chi connectivity index (χ1) is 12.7. The first-order valence-corrected chi connectivity index (χ1v) is 9.05. The second kappa shape index (κ2) is 7.25. The normalized spacial score (nSPS) is 13.1. The van der Waals surface area contributed by atoms with E-state index in [1.54, 1.807) is 12.5 Å². The number of aromatic nitrogens is 2. The van der Waals surface area contributed by atoms with Crippen molar-refractivity contribution in [3.8, 4) is 11.3 Å². The number of nitrogens with zero attached hydrogens (tertiary/aromatic N) is 3. The van der Waals surface area contributed by atoms with Crippen molar-refractivity contribution in [2.75, 3.05) is 11.7 Å². The fourth-order valence-electron chi connectivity index (χ4n) is 2.99. The molecule has 1 aliphatic heterocycles. The molecule has 26 heavy (non-hydrogen) atoms. The van der Waals surface area contributed by atoms with Crippen molar-refractivity contribution in [2.45, 2.75) is 6.54 Å². The first kappa shape index (κ1) is 16.7. The van der Waals surface area contributed by atoms with Crippen LogP contribution in [0.1, 0.15) is 5.56 Å². The molecule has 0 spiro atoms. The molecule has 132 valence electrons. The van der Waals surface area contributed by atoms with Crippen LogP contribution >= 0.6 is 15.9 Å². The zero-order valence-corrected chi connectivity index (χ0v) is 15.9. The van der Waals surface area contributed by atoms with Crippen molar-refractivity contribution in [1.29, 1.82) is 0 Å². The van der Waals surface area contributed by atoms with E-state index >= 15 is 0 Å². The molecule has 0 unspecified atom stereocenters. The van der Waals surface area contributed by atoms with Crippen LogP contribution in [0.3, 0.4) is 0 Å². The second-order valence-corrected chi connectivity index (χ2v) is 6.83. The van der Waals surface area contributed by atoms with Gasteiger partial charge in [-0.3, -0.25) is 4.68 Å². The number of halogens is 1. The van der Waals surface area contributed by atoms with Crippen LogP contribution in [0, 0.1) is 0 Å². The van der Waals surface area contributed by atoms with Gasteiger partial charge in [-0.05, 0) is 33.6 Å². The molecule has 2 heterocycles. The molecule has 6 heteroatoms. The number of aryl methyl sites for hydroxylation is 1. The van der Waals surface area contributed by atoms with Crippen LogP contribution < -0.4 is 4.90 Å². The van der Waals surface area contributed by atoms with E-state index in [2.05, 4.69) is 56.3 Å². The second-order valence-electron chi connectivity index (χ2n) is 5.97. The average molecular weight is 412 g/mol. The maximum absolute atomic E-state index is 5.66. The van der Waals surface area contributed by atoms with Crippen molar-refractivity contribution in [3.05, 3.63) is 83.0 Å². The summed E-state index contributed by atoms with van der Waals surface area (Å²) < 4.78 is 13.8. The number of ether oxygens (including phenoxy) is 2. The molecular weight excluding hydrogens is 394 g/mol. The Labute approximate surface area is 160 Å². The smallest absolute Gasteiger partial charge is 0.233 e. The van der Waals surface area contributed by atoms with E-state index in [4.69, 9.17) is 9.47 Å². The Kier molecular flexibility index (Phi) is 4.67. The van der Waals surface area contributed by atoms with Gasteiger partial charge in [0.05, 0.1) is 22.9 Å². The van der Waals surface area contributed by atoms with Gasteiger partial charge < -0.3 is 14.4 Å². The van der Waals surface area contributed by atoms with Crippen molar-refractivity contribution in [3.63, 3.8) is 0 Å². The maximum Gasteiger partial charge on any atom is 0.233 e. The van der Waals surface area contributed by atoms with Crippen LogP contribution in [-0.4, -0.2) is 16.6 Å². The highest BCUT2D eigenvalue weighted by molar-refractivity contribution is 9.10. The molecule has 0 N–H and O–H groups in total. The summed E-state index contributed by atoms with van der Waals surface area (Å²) in [6.07, 6.45) is 3.47. The quantitative estimate of drug-likeness (QED) is 0.611. The van der Waals surface area contributed by atoms with Crippen molar-refractivity contribution in [2.24, 2.45) is 7.05 Å². The van der Waals surface area contributed by atoms with Crippen LogP contribution in [0.15, 0.2) is 77.4 Å². The predicted molar refractivity (Wildman–Crippen MR) is 104 cm³/mol. The Morgan fingerprint density at radius 1 is 1.15 bits per heavy atom. The largest absolute Gasteiger partial charge is 0.459 e. The Balaban J connectivity index is 1.73. The number of anilines is 1. The zero-order chi connectivity index (χ0) is 17.9. The van der Waals surface area contributed by atoms with Gasteiger partial charge in [0.2, 0.25) is 12.7 Å². The lowest BCUT2D eigenvalue weighted by Gasteiger charge is -2.24. The van der Waals surface area contributed by atoms with Crippen molar-refractivity contribution < 1.29 is 9.47 Å². The zero-order valence-electron chi connectivity index (χ0n) is 14.3. The lowest BCUT2D eigenvalue weighted by Crippen LogP contribution is -2.22. The molecule has 0 atom stereocenters. The molecule has 0 saturated heterocycles. The van der Waals surface area contributed by atoms with E-state index in [0.29, 0.717) is 12.4 Å². The fraction of sp³-hybridized carbons (Fsp3) is 0.150. The number of hydrogen-bond acceptors (Lipinski definition) is 4. The summed E-state index contributed by atoms with van der Waals surface area (Å²) in [5.41, 5.74) is 4.32. The molecule has 5 nitrogen and oxygen atoms in total. The van der Waals surface area contributed by atoms with Gasteiger partial charge in [-0.15, -0.1) is 0 Å². The van der Waals surface area contributed by atoms with Gasteiger partial charge in [-0.1, -0.05) is 42.5 Å². The van der Waals surface area contributed by atoms with E-state index in [1.807, 2.05) is 36.0 Å². The SMILES string of the molecule is Cn1ncc(Br)c1-c1cccc(N(Cc2ccccc2)C2=COCO2)c1. The Hall–Kier alpha value is -2.73. The van der Waals surface area contributed by atoms with Crippen LogP contribution in [0.25, 0.3) is 11.3 Å². The Bertz CT molecular complexity index is 918. The Morgan fingerprint density at radius 3 is 2.69 bits per heavy atom. The molecule has 0 bridgehead atoms. The van der Waals surface area contributed by atoms with Crippen molar-refractivity contribution in [1.82, 2.24) is 9.78 Å². The van der Waals surface area contributed by atoms with Crippen molar-refractivity contribution >= 4 is 21.6 Å². The molecule has 3 aromatic rings. The monoisotopic (exact) mass is 411 g/mol. The molecule has 0 amide bonds. The van der Waals surface area contributed by atoms with E-state index in [0.717, 1.165) is 21.4 Å². The van der Waals surface area contributed by atoms with E-state index in [-0.39, 0.29) is 6.79 Å². The summed E-state index contributed by atoms with van der Waals surface area (Å²) in [6.45, 7) is 0.930. The molecule has 0 radical (unpaired) electrons. The summed E-state index contributed by atoms with van der Waals surface area (Å²) in [5.74, 6) is 0.704. The summed E-state index contributed by atoms with van der Waals surface area (Å²) in [6, 6.07) is 18.6. The van der Waals surface area contributed by atoms with E-state index in [9.17, 15) is 0 Å². The third kappa shape index (κ3) is 3.32. The minimum Gasteiger partial charge on any atom is -0.459 e. The van der Waals surface area contributed by atoms with Gasteiger partial charge in [0, 0.05) is 18.3 Å².